The summed E-state index contributed by atoms with van der Waals surface area (Å²) in [7, 11) is 1.93. The van der Waals surface area contributed by atoms with Gasteiger partial charge in [0.15, 0.2) is 0 Å². The Morgan fingerprint density at radius 3 is 2.35 bits per heavy atom. The van der Waals surface area contributed by atoms with Crippen molar-refractivity contribution >= 4 is 18.0 Å². The number of nitrogens with one attached hydrogen (secondary N) is 1. The molecular formula is C21H38N4O6. The van der Waals surface area contributed by atoms with Gasteiger partial charge >= 0.3 is 12.1 Å². The van der Waals surface area contributed by atoms with Gasteiger partial charge in [0.1, 0.15) is 11.8 Å². The standard InChI is InChI=1S/C21H38N4O6/c1-21(2,3)31-20(30)22-16-12-15(13-16)19(29)24-7-5-8-25(14-18(27)28)17(26)6-9-23(4)10-11-24/h15-17,26H,5-14H2,1-4H3,(H,22,30)(H,27,28)/t15-,16+,17?. The van der Waals surface area contributed by atoms with E-state index in [2.05, 4.69) is 5.32 Å². The van der Waals surface area contributed by atoms with Crippen LogP contribution in [0.4, 0.5) is 4.79 Å². The number of carboxylic acids is 1. The van der Waals surface area contributed by atoms with Crippen LogP contribution in [0.5, 0.6) is 0 Å². The van der Waals surface area contributed by atoms with Crippen molar-refractivity contribution in [2.45, 2.75) is 64.3 Å². The zero-order valence-electron chi connectivity index (χ0n) is 19.2. The van der Waals surface area contributed by atoms with Crippen LogP contribution in [0.3, 0.4) is 0 Å². The predicted octanol–water partition coefficient (Wildman–Crippen LogP) is 0.549. The Morgan fingerprint density at radius 1 is 1.06 bits per heavy atom. The molecule has 3 N–H and O–H groups in total. The first kappa shape index (κ1) is 25.4. The topological polar surface area (TPSA) is 123 Å². The van der Waals surface area contributed by atoms with Gasteiger partial charge in [-0.2, -0.15) is 0 Å². The average molecular weight is 443 g/mol. The van der Waals surface area contributed by atoms with Crippen molar-refractivity contribution in [3.63, 3.8) is 0 Å². The normalized spacial score (nSPS) is 27.0. The molecule has 2 aliphatic rings. The fourth-order valence-electron chi connectivity index (χ4n) is 3.90. The van der Waals surface area contributed by atoms with Crippen molar-refractivity contribution < 1.29 is 29.3 Å². The first-order valence-electron chi connectivity index (χ1n) is 11.1. The summed E-state index contributed by atoms with van der Waals surface area (Å²) in [6.07, 6.45) is 0.956. The minimum atomic E-state index is -0.979. The Morgan fingerprint density at radius 2 is 1.74 bits per heavy atom. The average Bonchev–Trinajstić information content (AvgIpc) is 2.63. The molecule has 178 valence electrons. The molecule has 1 saturated heterocycles. The molecule has 1 saturated carbocycles. The Hall–Kier alpha value is -1.91. The van der Waals surface area contributed by atoms with Gasteiger partial charge in [0, 0.05) is 44.7 Å². The quantitative estimate of drug-likeness (QED) is 0.577. The lowest BCUT2D eigenvalue weighted by Gasteiger charge is -2.38. The number of carbonyl (C=O) groups excluding carboxylic acids is 2. The molecule has 1 aliphatic carbocycles. The predicted molar refractivity (Wildman–Crippen MR) is 114 cm³/mol. The summed E-state index contributed by atoms with van der Waals surface area (Å²) in [4.78, 5) is 41.5. The molecule has 2 amide bonds. The molecule has 1 heterocycles. The smallest absolute Gasteiger partial charge is 0.407 e. The number of hydrogen-bond donors (Lipinski definition) is 3. The Bertz CT molecular complexity index is 632. The fraction of sp³-hybridized carbons (Fsp3) is 0.857. The van der Waals surface area contributed by atoms with Crippen molar-refractivity contribution in [2.75, 3.05) is 46.3 Å². The minimum absolute atomic E-state index is 0.0587. The van der Waals surface area contributed by atoms with Gasteiger partial charge in [-0.15, -0.1) is 0 Å². The maximum absolute atomic E-state index is 13.0. The number of likely N-dealkylation sites (N-methyl/N-ethyl adjacent to an activating group) is 1. The van der Waals surface area contributed by atoms with E-state index in [1.54, 1.807) is 4.90 Å². The van der Waals surface area contributed by atoms with Gasteiger partial charge in [0.05, 0.1) is 6.54 Å². The maximum atomic E-state index is 13.0. The zero-order valence-corrected chi connectivity index (χ0v) is 19.2. The molecule has 10 heteroatoms. The highest BCUT2D eigenvalue weighted by atomic mass is 16.6. The van der Waals surface area contributed by atoms with Crippen LogP contribution in [0, 0.1) is 5.92 Å². The number of rotatable bonds is 4. The van der Waals surface area contributed by atoms with Gasteiger partial charge in [-0.25, -0.2) is 4.79 Å². The third kappa shape index (κ3) is 8.62. The van der Waals surface area contributed by atoms with Crippen LogP contribution >= 0.6 is 0 Å². The lowest BCUT2D eigenvalue weighted by atomic mass is 9.79. The second-order valence-electron chi connectivity index (χ2n) is 9.63. The van der Waals surface area contributed by atoms with Crippen LogP contribution in [0.2, 0.25) is 0 Å². The molecule has 0 bridgehead atoms. The summed E-state index contributed by atoms with van der Waals surface area (Å²) in [5.74, 6) is -1.04. The molecule has 10 nitrogen and oxygen atoms in total. The summed E-state index contributed by atoms with van der Waals surface area (Å²) < 4.78 is 5.26. The molecule has 1 unspecified atom stereocenters. The Kier molecular flexibility index (Phi) is 9.08. The number of hydrogen-bond acceptors (Lipinski definition) is 7. The minimum Gasteiger partial charge on any atom is -0.480 e. The maximum Gasteiger partial charge on any atom is 0.407 e. The van der Waals surface area contributed by atoms with E-state index >= 15 is 0 Å². The summed E-state index contributed by atoms with van der Waals surface area (Å²) in [5, 5.41) is 22.3. The second-order valence-corrected chi connectivity index (χ2v) is 9.63. The van der Waals surface area contributed by atoms with Gasteiger partial charge in [-0.1, -0.05) is 0 Å². The lowest BCUT2D eigenvalue weighted by molar-refractivity contribution is -0.142. The lowest BCUT2D eigenvalue weighted by Crippen LogP contribution is -2.52. The fourth-order valence-corrected chi connectivity index (χ4v) is 3.90. The van der Waals surface area contributed by atoms with Crippen molar-refractivity contribution in [2.24, 2.45) is 5.92 Å². The summed E-state index contributed by atoms with van der Waals surface area (Å²) in [5.41, 5.74) is -0.558. The summed E-state index contributed by atoms with van der Waals surface area (Å²) in [6, 6.07) is -0.0587. The molecule has 0 aromatic rings. The first-order chi connectivity index (χ1) is 14.4. The van der Waals surface area contributed by atoms with Crippen molar-refractivity contribution in [3.8, 4) is 0 Å². The number of aliphatic carboxylic acids is 1. The third-order valence-corrected chi connectivity index (χ3v) is 5.67. The zero-order chi connectivity index (χ0) is 23.2. The Balaban J connectivity index is 1.88. The summed E-state index contributed by atoms with van der Waals surface area (Å²) in [6.45, 7) is 8.01. The molecule has 0 aromatic heterocycles. The molecule has 0 spiro atoms. The Labute approximate surface area is 184 Å². The molecule has 0 aromatic carbocycles. The molecular weight excluding hydrogens is 404 g/mol. The number of aliphatic hydroxyl groups is 1. The van der Waals surface area contributed by atoms with Crippen LogP contribution in [0.1, 0.15) is 46.5 Å². The first-order valence-corrected chi connectivity index (χ1v) is 11.1. The van der Waals surface area contributed by atoms with E-state index in [-0.39, 0.29) is 24.4 Å². The van der Waals surface area contributed by atoms with Crippen LogP contribution < -0.4 is 5.32 Å². The number of carboxylic acid groups (broad SMARTS) is 1. The third-order valence-electron chi connectivity index (χ3n) is 5.67. The van der Waals surface area contributed by atoms with E-state index in [9.17, 15) is 19.5 Å². The van der Waals surface area contributed by atoms with Crippen LogP contribution in [-0.4, -0.2) is 107 Å². The van der Waals surface area contributed by atoms with Gasteiger partial charge in [-0.05, 0) is 53.5 Å². The van der Waals surface area contributed by atoms with E-state index in [0.29, 0.717) is 58.4 Å². The molecule has 2 fully saturated rings. The van der Waals surface area contributed by atoms with Crippen molar-refractivity contribution in [1.29, 1.82) is 0 Å². The number of alkyl carbamates (subject to hydrolysis) is 1. The van der Waals surface area contributed by atoms with Crippen LogP contribution in [0.25, 0.3) is 0 Å². The van der Waals surface area contributed by atoms with Gasteiger partial charge in [-0.3, -0.25) is 14.5 Å². The highest BCUT2D eigenvalue weighted by Gasteiger charge is 2.38. The van der Waals surface area contributed by atoms with Crippen LogP contribution in [-0.2, 0) is 14.3 Å². The van der Waals surface area contributed by atoms with E-state index in [0.717, 1.165) is 0 Å². The monoisotopic (exact) mass is 442 g/mol. The van der Waals surface area contributed by atoms with Gasteiger partial charge in [0.25, 0.3) is 0 Å². The van der Waals surface area contributed by atoms with Crippen LogP contribution in [0.15, 0.2) is 0 Å². The number of amides is 2. The van der Waals surface area contributed by atoms with Gasteiger partial charge < -0.3 is 30.1 Å². The number of nitrogens with zero attached hydrogens (tertiary/aromatic N) is 3. The molecule has 1 aliphatic heterocycles. The highest BCUT2D eigenvalue weighted by molar-refractivity contribution is 5.80. The highest BCUT2D eigenvalue weighted by Crippen LogP contribution is 2.30. The molecule has 2 rings (SSSR count). The number of ether oxygens (including phenoxy) is 1. The van der Waals surface area contributed by atoms with Gasteiger partial charge in [0.2, 0.25) is 5.91 Å². The molecule has 1 atom stereocenters. The van der Waals surface area contributed by atoms with Crippen molar-refractivity contribution in [3.05, 3.63) is 0 Å². The SMILES string of the molecule is CN1CCC(O)N(CC(=O)O)CCCN(C(=O)[C@H]2C[C@@H](NC(=O)OC(C)(C)C)C2)CC1. The molecule has 0 radical (unpaired) electrons. The van der Waals surface area contributed by atoms with E-state index in [1.165, 1.54) is 0 Å². The summed E-state index contributed by atoms with van der Waals surface area (Å²) >= 11 is 0. The van der Waals surface area contributed by atoms with Crippen molar-refractivity contribution in [1.82, 2.24) is 20.0 Å². The van der Waals surface area contributed by atoms with E-state index in [4.69, 9.17) is 9.84 Å². The number of aliphatic hydroxyl groups excluding tert-OH is 1. The molecule has 31 heavy (non-hydrogen) atoms. The largest absolute Gasteiger partial charge is 0.480 e. The number of carbonyl (C=O) groups is 3. The van der Waals surface area contributed by atoms with E-state index in [1.807, 2.05) is 37.6 Å². The second kappa shape index (κ2) is 11.1. The van der Waals surface area contributed by atoms with E-state index < -0.39 is 23.9 Å².